The highest BCUT2D eigenvalue weighted by molar-refractivity contribution is 5.99. The number of likely N-dealkylation sites (N-methyl/N-ethyl adjacent to an activating group) is 1. The van der Waals surface area contributed by atoms with Gasteiger partial charge in [-0.25, -0.2) is 13.8 Å². The molecule has 2 amide bonds. The smallest absolute Gasteiger partial charge is 0.356 e. The quantitative estimate of drug-likeness (QED) is 0.499. The maximum atomic E-state index is 14.3. The van der Waals surface area contributed by atoms with Gasteiger partial charge in [-0.05, 0) is 29.3 Å². The maximum absolute atomic E-state index is 14.3. The Balaban J connectivity index is 2.07. The summed E-state index contributed by atoms with van der Waals surface area (Å²) in [5, 5.41) is 3.97. The molecule has 0 fully saturated rings. The lowest BCUT2D eigenvalue weighted by Crippen LogP contribution is -2.30. The molecular weight excluding hydrogens is 411 g/mol. The number of imidazole rings is 1. The number of aromatic nitrogens is 2. The van der Waals surface area contributed by atoms with E-state index in [0.29, 0.717) is 0 Å². The van der Waals surface area contributed by atoms with Gasteiger partial charge in [0.05, 0.1) is 6.20 Å². The molecule has 0 aliphatic rings. The van der Waals surface area contributed by atoms with E-state index in [1.807, 2.05) is 0 Å². The molecule has 0 radical (unpaired) electrons. The number of anilines is 1. The third-order valence-electron chi connectivity index (χ3n) is 4.02. The normalized spacial score (nSPS) is 12.1. The van der Waals surface area contributed by atoms with Crippen molar-refractivity contribution in [2.45, 2.75) is 6.18 Å². The summed E-state index contributed by atoms with van der Waals surface area (Å²) in [6.45, 7) is 0. The van der Waals surface area contributed by atoms with E-state index in [0.717, 1.165) is 18.3 Å². The zero-order valence-electron chi connectivity index (χ0n) is 15.2. The van der Waals surface area contributed by atoms with Crippen LogP contribution in [-0.4, -0.2) is 34.4 Å². The molecule has 6 nitrogen and oxygen atoms in total. The minimum Gasteiger partial charge on any atom is -0.356 e. The topological polar surface area (TPSA) is 75.5 Å². The predicted molar refractivity (Wildman–Crippen MR) is 97.4 cm³/mol. The Morgan fingerprint density at radius 1 is 1.10 bits per heavy atom. The third kappa shape index (κ3) is 4.29. The van der Waals surface area contributed by atoms with Gasteiger partial charge in [0.2, 0.25) is 5.91 Å². The lowest BCUT2D eigenvalue weighted by Gasteiger charge is -2.10. The minimum atomic E-state index is -5.08. The fraction of sp³-hybridized carbons (Fsp3) is 0.105. The number of nitrogens with zero attached hydrogens (tertiary/aromatic N) is 2. The first kappa shape index (κ1) is 21.0. The van der Waals surface area contributed by atoms with Crippen molar-refractivity contribution >= 4 is 28.9 Å². The molecule has 2 N–H and O–H groups in total. The van der Waals surface area contributed by atoms with Gasteiger partial charge >= 0.3 is 12.1 Å². The van der Waals surface area contributed by atoms with Gasteiger partial charge in [0.1, 0.15) is 5.65 Å². The van der Waals surface area contributed by atoms with Crippen molar-refractivity contribution in [1.82, 2.24) is 14.7 Å². The van der Waals surface area contributed by atoms with Crippen LogP contribution in [0.1, 0.15) is 11.1 Å². The SMILES string of the molecule is CNC(=O)/C=C(\c1ccc2nc(NC(=O)C(F)(F)F)cn2c1)c1cccc(F)c1F. The van der Waals surface area contributed by atoms with E-state index in [4.69, 9.17) is 0 Å². The monoisotopic (exact) mass is 424 g/mol. The van der Waals surface area contributed by atoms with Crippen LogP contribution >= 0.6 is 0 Å². The van der Waals surface area contributed by atoms with Crippen molar-refractivity contribution in [3.05, 3.63) is 71.6 Å². The Labute approximate surface area is 166 Å². The Kier molecular flexibility index (Phi) is 5.54. The second-order valence-corrected chi connectivity index (χ2v) is 6.03. The van der Waals surface area contributed by atoms with Crippen LogP contribution in [0.3, 0.4) is 0 Å². The molecule has 0 aliphatic heterocycles. The van der Waals surface area contributed by atoms with Crippen LogP contribution in [0, 0.1) is 11.6 Å². The lowest BCUT2D eigenvalue weighted by molar-refractivity contribution is -0.167. The molecule has 0 aliphatic carbocycles. The van der Waals surface area contributed by atoms with Crippen LogP contribution in [0.2, 0.25) is 0 Å². The molecule has 0 unspecified atom stereocenters. The average Bonchev–Trinajstić information content (AvgIpc) is 3.09. The number of halogens is 5. The number of pyridine rings is 1. The first-order chi connectivity index (χ1) is 14.1. The first-order valence-corrected chi connectivity index (χ1v) is 8.35. The van der Waals surface area contributed by atoms with Crippen molar-refractivity contribution < 1.29 is 31.5 Å². The highest BCUT2D eigenvalue weighted by Gasteiger charge is 2.39. The maximum Gasteiger partial charge on any atom is 0.471 e. The standard InChI is InChI=1S/C19H13F5N4O2/c1-25-16(29)7-12(11-3-2-4-13(20)17(11)21)10-5-6-15-26-14(9-28(15)8-10)27-18(30)19(22,23)24/h2-9H,1H3,(H,25,29)(H,27,30)/b12-7+. The summed E-state index contributed by atoms with van der Waals surface area (Å²) in [5.74, 6) is -5.42. The zero-order valence-corrected chi connectivity index (χ0v) is 15.2. The summed E-state index contributed by atoms with van der Waals surface area (Å²) in [7, 11) is 1.35. The summed E-state index contributed by atoms with van der Waals surface area (Å²) in [5.41, 5.74) is 0.267. The van der Waals surface area contributed by atoms with Gasteiger partial charge in [-0.1, -0.05) is 12.1 Å². The Morgan fingerprint density at radius 2 is 1.83 bits per heavy atom. The predicted octanol–water partition coefficient (Wildman–Crippen LogP) is 3.29. The molecule has 3 aromatic rings. The van der Waals surface area contributed by atoms with Crippen molar-refractivity contribution in [3.8, 4) is 0 Å². The molecule has 2 heterocycles. The van der Waals surface area contributed by atoms with Crippen LogP contribution in [0.15, 0.2) is 48.8 Å². The van der Waals surface area contributed by atoms with Crippen LogP contribution in [0.25, 0.3) is 11.2 Å². The van der Waals surface area contributed by atoms with Crippen LogP contribution in [-0.2, 0) is 9.59 Å². The number of amides is 2. The van der Waals surface area contributed by atoms with Crippen LogP contribution in [0.4, 0.5) is 27.8 Å². The largest absolute Gasteiger partial charge is 0.471 e. The van der Waals surface area contributed by atoms with E-state index in [2.05, 4.69) is 10.3 Å². The lowest BCUT2D eigenvalue weighted by atomic mass is 9.98. The fourth-order valence-electron chi connectivity index (χ4n) is 2.63. The highest BCUT2D eigenvalue weighted by Crippen LogP contribution is 2.28. The van der Waals surface area contributed by atoms with Gasteiger partial charge in [-0.15, -0.1) is 0 Å². The van der Waals surface area contributed by atoms with Gasteiger partial charge in [-0.3, -0.25) is 9.59 Å². The minimum absolute atomic E-state index is 0.0304. The molecule has 11 heteroatoms. The molecule has 30 heavy (non-hydrogen) atoms. The second-order valence-electron chi connectivity index (χ2n) is 6.03. The number of rotatable bonds is 4. The van der Waals surface area contributed by atoms with Gasteiger partial charge in [-0.2, -0.15) is 13.2 Å². The Bertz CT molecular complexity index is 1170. The number of hydrogen-bond donors (Lipinski definition) is 2. The van der Waals surface area contributed by atoms with E-state index in [-0.39, 0.29) is 28.2 Å². The molecule has 156 valence electrons. The number of carbonyl (C=O) groups excluding carboxylic acids is 2. The summed E-state index contributed by atoms with van der Waals surface area (Å²) in [6.07, 6.45) is -1.56. The Hall–Kier alpha value is -3.76. The molecule has 1 aromatic carbocycles. The average molecular weight is 424 g/mol. The zero-order chi connectivity index (χ0) is 22.1. The number of hydrogen-bond acceptors (Lipinski definition) is 3. The third-order valence-corrected chi connectivity index (χ3v) is 4.02. The van der Waals surface area contributed by atoms with Crippen LogP contribution in [0.5, 0.6) is 0 Å². The molecule has 0 atom stereocenters. The van der Waals surface area contributed by atoms with Crippen molar-refractivity contribution in [3.63, 3.8) is 0 Å². The summed E-state index contributed by atoms with van der Waals surface area (Å²) in [6, 6.07) is 6.28. The van der Waals surface area contributed by atoms with E-state index in [9.17, 15) is 31.5 Å². The number of alkyl halides is 3. The molecule has 0 bridgehead atoms. The molecule has 2 aromatic heterocycles. The van der Waals surface area contributed by atoms with Crippen molar-refractivity contribution in [2.75, 3.05) is 12.4 Å². The number of benzene rings is 1. The fourth-order valence-corrected chi connectivity index (χ4v) is 2.63. The number of carbonyl (C=O) groups is 2. The van der Waals surface area contributed by atoms with Gasteiger partial charge in [0.25, 0.3) is 0 Å². The van der Waals surface area contributed by atoms with Gasteiger partial charge in [0, 0.05) is 24.9 Å². The van der Waals surface area contributed by atoms with Crippen molar-refractivity contribution in [1.29, 1.82) is 0 Å². The number of nitrogens with one attached hydrogen (secondary N) is 2. The Morgan fingerprint density at radius 3 is 2.50 bits per heavy atom. The van der Waals surface area contributed by atoms with Gasteiger partial charge < -0.3 is 15.0 Å². The van der Waals surface area contributed by atoms with E-state index in [1.54, 1.807) is 5.32 Å². The molecular formula is C19H13F5N4O2. The molecule has 0 saturated heterocycles. The van der Waals surface area contributed by atoms with E-state index >= 15 is 0 Å². The van der Waals surface area contributed by atoms with Crippen molar-refractivity contribution in [2.24, 2.45) is 0 Å². The molecule has 0 spiro atoms. The second kappa shape index (κ2) is 7.93. The van der Waals surface area contributed by atoms with E-state index in [1.165, 1.54) is 41.9 Å². The summed E-state index contributed by atoms with van der Waals surface area (Å²) >= 11 is 0. The highest BCUT2D eigenvalue weighted by atomic mass is 19.4. The molecule has 3 rings (SSSR count). The van der Waals surface area contributed by atoms with Gasteiger partial charge in [0.15, 0.2) is 17.5 Å². The summed E-state index contributed by atoms with van der Waals surface area (Å²) < 4.78 is 66.6. The molecule has 0 saturated carbocycles. The first-order valence-electron chi connectivity index (χ1n) is 8.35. The van der Waals surface area contributed by atoms with E-state index < -0.39 is 29.6 Å². The number of fused-ring (bicyclic) bond motifs is 1. The van der Waals surface area contributed by atoms with Crippen LogP contribution < -0.4 is 10.6 Å². The summed E-state index contributed by atoms with van der Waals surface area (Å²) in [4.78, 5) is 26.8.